The van der Waals surface area contributed by atoms with E-state index in [-0.39, 0.29) is 29.7 Å². The molecular weight excluding hydrogens is 778 g/mol. The van der Waals surface area contributed by atoms with Crippen LogP contribution in [0.1, 0.15) is 65.5 Å². The van der Waals surface area contributed by atoms with Gasteiger partial charge in [-0.1, -0.05) is 65.3 Å². The summed E-state index contributed by atoms with van der Waals surface area (Å²) in [6, 6.07) is 19.8. The van der Waals surface area contributed by atoms with Crippen molar-refractivity contribution in [2.45, 2.75) is 95.0 Å². The summed E-state index contributed by atoms with van der Waals surface area (Å²) in [7, 11) is 0. The molecule has 1 saturated heterocycles. The SMILES string of the molecule is CC(C)(C)OC(=O)N[C@@H](Cc1ccc(OC(C)(C)C)cc1)C(=O)Nc1cccc(-c2csc(SCC(=O)NC3CCN(Cc4ccc(Cl)c(Cl)c4)CC3)n2)c1. The lowest BCUT2D eigenvalue weighted by molar-refractivity contribution is -0.119. The van der Waals surface area contributed by atoms with Crippen LogP contribution in [0.25, 0.3) is 11.3 Å². The van der Waals surface area contributed by atoms with Gasteiger partial charge in [0.1, 0.15) is 23.0 Å². The Hall–Kier alpha value is -3.81. The van der Waals surface area contributed by atoms with Crippen molar-refractivity contribution in [3.8, 4) is 17.0 Å². The monoisotopic (exact) mass is 825 g/mol. The van der Waals surface area contributed by atoms with Gasteiger partial charge in [-0.25, -0.2) is 9.78 Å². The number of aromatic nitrogens is 1. The van der Waals surface area contributed by atoms with Gasteiger partial charge in [0.15, 0.2) is 4.34 Å². The normalized spacial score (nSPS) is 14.5. The topological polar surface area (TPSA) is 122 Å². The highest BCUT2D eigenvalue weighted by atomic mass is 35.5. The fourth-order valence-corrected chi connectivity index (χ4v) is 7.88. The molecule has 3 aromatic carbocycles. The molecule has 1 aliphatic heterocycles. The molecule has 1 aromatic heterocycles. The van der Waals surface area contributed by atoms with Crippen LogP contribution in [0.5, 0.6) is 5.75 Å². The molecule has 1 atom stereocenters. The summed E-state index contributed by atoms with van der Waals surface area (Å²) >= 11 is 15.1. The number of hydrogen-bond donors (Lipinski definition) is 3. The number of anilines is 1. The summed E-state index contributed by atoms with van der Waals surface area (Å²) in [5, 5.41) is 11.9. The number of likely N-dealkylation sites (tertiary alicyclic amines) is 1. The maximum absolute atomic E-state index is 13.7. The standard InChI is InChI=1S/C41H49Cl2N5O5S2/c1-40(2,3)52-31-13-10-26(11-14-31)21-34(46-38(51)53-41(4,5)6)37(50)45-30-9-7-8-28(22-30)35-24-54-39(47-35)55-25-36(49)44-29-16-18-48(19-17-29)23-27-12-15-32(42)33(43)20-27/h7-15,20,22,24,29,34H,16-19,21,23,25H2,1-6H3,(H,44,49)(H,45,50)(H,46,51)/t34-/m0/s1. The molecule has 55 heavy (non-hydrogen) atoms. The van der Waals surface area contributed by atoms with Crippen LogP contribution >= 0.6 is 46.3 Å². The molecule has 14 heteroatoms. The third-order valence-electron chi connectivity index (χ3n) is 8.37. The van der Waals surface area contributed by atoms with Gasteiger partial charge in [-0.2, -0.15) is 0 Å². The average molecular weight is 827 g/mol. The van der Waals surface area contributed by atoms with Crippen LogP contribution in [0.2, 0.25) is 10.0 Å². The number of carbonyl (C=O) groups is 3. The maximum atomic E-state index is 13.7. The summed E-state index contributed by atoms with van der Waals surface area (Å²) < 4.78 is 12.2. The van der Waals surface area contributed by atoms with Gasteiger partial charge in [0, 0.05) is 48.7 Å². The van der Waals surface area contributed by atoms with Gasteiger partial charge in [0.05, 0.1) is 21.5 Å². The number of amides is 3. The van der Waals surface area contributed by atoms with Gasteiger partial charge in [0.25, 0.3) is 0 Å². The molecule has 0 aliphatic carbocycles. The van der Waals surface area contributed by atoms with Crippen LogP contribution < -0.4 is 20.7 Å². The number of alkyl carbamates (subject to hydrolysis) is 1. The molecule has 2 heterocycles. The van der Waals surface area contributed by atoms with Crippen molar-refractivity contribution in [3.05, 3.63) is 93.3 Å². The molecule has 1 aliphatic rings. The highest BCUT2D eigenvalue weighted by Gasteiger charge is 2.26. The van der Waals surface area contributed by atoms with Crippen molar-refractivity contribution < 1.29 is 23.9 Å². The summed E-state index contributed by atoms with van der Waals surface area (Å²) in [4.78, 5) is 46.4. The number of thiazole rings is 1. The Morgan fingerprint density at radius 3 is 2.31 bits per heavy atom. The molecule has 294 valence electrons. The Labute approximate surface area is 342 Å². The fourth-order valence-electron chi connectivity index (χ4n) is 5.91. The van der Waals surface area contributed by atoms with Gasteiger partial charge in [0.2, 0.25) is 11.8 Å². The first-order chi connectivity index (χ1) is 26.0. The minimum atomic E-state index is -0.914. The third-order valence-corrected chi connectivity index (χ3v) is 11.1. The molecule has 0 radical (unpaired) electrons. The smallest absolute Gasteiger partial charge is 0.408 e. The van der Waals surface area contributed by atoms with Crippen LogP contribution in [-0.2, 0) is 27.3 Å². The number of nitrogens with zero attached hydrogens (tertiary/aromatic N) is 2. The molecule has 3 N–H and O–H groups in total. The first-order valence-corrected chi connectivity index (χ1v) is 20.8. The predicted octanol–water partition coefficient (Wildman–Crippen LogP) is 9.24. The van der Waals surface area contributed by atoms with E-state index >= 15 is 0 Å². The second-order valence-corrected chi connectivity index (χ2v) is 18.4. The van der Waals surface area contributed by atoms with Crippen molar-refractivity contribution in [2.75, 3.05) is 24.2 Å². The maximum Gasteiger partial charge on any atom is 0.408 e. The number of rotatable bonds is 13. The Balaban J connectivity index is 1.13. The van der Waals surface area contributed by atoms with Gasteiger partial charge < -0.3 is 25.4 Å². The molecule has 0 bridgehead atoms. The number of thioether (sulfide) groups is 1. The molecule has 0 unspecified atom stereocenters. The second-order valence-electron chi connectivity index (χ2n) is 15.5. The number of nitrogens with one attached hydrogen (secondary N) is 3. The number of ether oxygens (including phenoxy) is 2. The van der Waals surface area contributed by atoms with Crippen LogP contribution in [0.15, 0.2) is 76.4 Å². The molecule has 1 fully saturated rings. The number of hydrogen-bond acceptors (Lipinski definition) is 9. The highest BCUT2D eigenvalue weighted by Crippen LogP contribution is 2.30. The van der Waals surface area contributed by atoms with Crippen molar-refractivity contribution in [2.24, 2.45) is 0 Å². The van der Waals surface area contributed by atoms with Crippen molar-refractivity contribution in [1.82, 2.24) is 20.5 Å². The summed E-state index contributed by atoms with van der Waals surface area (Å²) in [5.41, 5.74) is 2.98. The molecule has 0 spiro atoms. The quantitative estimate of drug-likeness (QED) is 0.114. The van der Waals surface area contributed by atoms with Crippen molar-refractivity contribution in [3.63, 3.8) is 0 Å². The van der Waals surface area contributed by atoms with E-state index in [1.807, 2.05) is 86.8 Å². The summed E-state index contributed by atoms with van der Waals surface area (Å²) in [5.74, 6) is 0.574. The molecule has 0 saturated carbocycles. The van der Waals surface area contributed by atoms with Gasteiger partial charge in [-0.05, 0) is 102 Å². The Morgan fingerprint density at radius 2 is 1.64 bits per heavy atom. The zero-order valence-corrected chi connectivity index (χ0v) is 35.2. The van der Waals surface area contributed by atoms with E-state index in [0.717, 1.165) is 59.2 Å². The Kier molecular flexibility index (Phi) is 14.5. The van der Waals surface area contributed by atoms with Crippen molar-refractivity contribution >= 4 is 69.9 Å². The number of piperidine rings is 1. The van der Waals surface area contributed by atoms with Crippen LogP contribution in [0.4, 0.5) is 10.5 Å². The van der Waals surface area contributed by atoms with E-state index < -0.39 is 23.6 Å². The van der Waals surface area contributed by atoms with Crippen molar-refractivity contribution in [1.29, 1.82) is 0 Å². The average Bonchev–Trinajstić information content (AvgIpc) is 3.58. The first kappa shape index (κ1) is 42.3. The van der Waals surface area contributed by atoms with E-state index in [4.69, 9.17) is 37.7 Å². The second kappa shape index (κ2) is 18.9. The highest BCUT2D eigenvalue weighted by molar-refractivity contribution is 8.01. The number of halogens is 2. The molecule has 10 nitrogen and oxygen atoms in total. The number of benzene rings is 3. The van der Waals surface area contributed by atoms with E-state index in [1.165, 1.54) is 23.1 Å². The van der Waals surface area contributed by atoms with Crippen LogP contribution in [0.3, 0.4) is 0 Å². The number of carbonyl (C=O) groups excluding carboxylic acids is 3. The third kappa shape index (κ3) is 14.0. The molecule has 4 aromatic rings. The molecular formula is C41H49Cl2N5O5S2. The zero-order valence-electron chi connectivity index (χ0n) is 32.0. The van der Waals surface area contributed by atoms with E-state index in [9.17, 15) is 14.4 Å². The first-order valence-electron chi connectivity index (χ1n) is 18.2. The predicted molar refractivity (Wildman–Crippen MR) is 223 cm³/mol. The summed E-state index contributed by atoms with van der Waals surface area (Å²) in [6.45, 7) is 13.8. The van der Waals surface area contributed by atoms with E-state index in [1.54, 1.807) is 26.8 Å². The minimum Gasteiger partial charge on any atom is -0.488 e. The Morgan fingerprint density at radius 1 is 0.927 bits per heavy atom. The van der Waals surface area contributed by atoms with Gasteiger partial charge in [-0.3, -0.25) is 14.5 Å². The van der Waals surface area contributed by atoms with E-state index in [2.05, 4.69) is 20.9 Å². The summed E-state index contributed by atoms with van der Waals surface area (Å²) in [6.07, 6.45) is 1.31. The largest absolute Gasteiger partial charge is 0.488 e. The lowest BCUT2D eigenvalue weighted by Gasteiger charge is -2.32. The zero-order chi connectivity index (χ0) is 39.8. The molecule has 5 rings (SSSR count). The lowest BCUT2D eigenvalue weighted by Crippen LogP contribution is -2.47. The van der Waals surface area contributed by atoms with Crippen LogP contribution in [0, 0.1) is 0 Å². The van der Waals surface area contributed by atoms with Gasteiger partial charge >= 0.3 is 6.09 Å². The lowest BCUT2D eigenvalue weighted by atomic mass is 10.0. The fraction of sp³-hybridized carbons (Fsp3) is 0.415. The van der Waals surface area contributed by atoms with Gasteiger partial charge in [-0.15, -0.1) is 11.3 Å². The molecule has 3 amide bonds. The van der Waals surface area contributed by atoms with E-state index in [0.29, 0.717) is 21.5 Å². The Bertz CT molecular complexity index is 1940. The minimum absolute atomic E-state index is 0.0156. The van der Waals surface area contributed by atoms with Crippen LogP contribution in [-0.4, -0.2) is 69.9 Å².